The number of hydrogen-bond donors (Lipinski definition) is 0. The number of hydrogen-bond acceptors (Lipinski definition) is 2. The van der Waals surface area contributed by atoms with Gasteiger partial charge in [0, 0.05) is 49.3 Å². The molecule has 0 spiro atoms. The third-order valence-corrected chi connectivity index (χ3v) is 12.4. The van der Waals surface area contributed by atoms with Gasteiger partial charge in [0.1, 0.15) is 17.2 Å². The Morgan fingerprint density at radius 1 is 0.356 bits per heavy atom. The van der Waals surface area contributed by atoms with E-state index >= 15 is 0 Å². The monoisotopic (exact) mass is 752 g/mol. The molecule has 0 N–H and O–H groups in total. The van der Waals surface area contributed by atoms with Gasteiger partial charge in [-0.05, 0) is 89.0 Å². The molecule has 2 aliphatic rings. The van der Waals surface area contributed by atoms with Crippen molar-refractivity contribution in [2.24, 2.45) is 0 Å². The Bertz CT molecular complexity index is 3430. The summed E-state index contributed by atoms with van der Waals surface area (Å²) in [5.74, 6) is 2.52. The average Bonchev–Trinajstić information content (AvgIpc) is 3.82. The smallest absolute Gasteiger partial charge is 0.434 e. The quantitative estimate of drug-likeness (QED) is 0.168. The highest BCUT2D eigenvalue weighted by Gasteiger charge is 2.40. The first-order valence-electron chi connectivity index (χ1n) is 20.2. The van der Waals surface area contributed by atoms with Crippen LogP contribution in [0.5, 0.6) is 17.2 Å². The summed E-state index contributed by atoms with van der Waals surface area (Å²) in [6.07, 6.45) is 0. The van der Waals surface area contributed by atoms with Crippen LogP contribution in [0.15, 0.2) is 200 Å². The van der Waals surface area contributed by atoms with Gasteiger partial charge in [-0.3, -0.25) is 0 Å². The molecule has 4 nitrogen and oxygen atoms in total. The van der Waals surface area contributed by atoms with E-state index < -0.39 is 0 Å². The molecule has 11 aromatic rings. The van der Waals surface area contributed by atoms with Crippen LogP contribution >= 0.6 is 0 Å². The van der Waals surface area contributed by atoms with Gasteiger partial charge in [0.15, 0.2) is 0 Å². The second kappa shape index (κ2) is 12.4. The topological polar surface area (TPSA) is 28.3 Å². The fraction of sp³-hybridized carbons (Fsp3) is 0. The van der Waals surface area contributed by atoms with Crippen molar-refractivity contribution < 1.29 is 9.39 Å². The van der Waals surface area contributed by atoms with Crippen molar-refractivity contribution in [1.29, 1.82) is 0 Å². The van der Waals surface area contributed by atoms with E-state index in [1.807, 2.05) is 0 Å². The lowest BCUT2D eigenvalue weighted by Gasteiger charge is -2.33. The number of ether oxygens (including phenoxy) is 1. The standard InChI is InChI=1S/C54H33BN2O2/c1-6-21-46(57-49-24-9-4-18-41(49)42-19-5-10-25-50(42)57)38(15-1)36-28-30-51-44(32-36)43-20-12-26-52-54(43)55(59-51)45-29-27-35(33-53(45)58-52)34-13-11-14-37(31-34)56-47-22-7-2-16-39(47)40-17-3-8-23-48(40)56/h1-33H. The van der Waals surface area contributed by atoms with Crippen molar-refractivity contribution in [3.63, 3.8) is 0 Å². The highest BCUT2D eigenvalue weighted by atomic mass is 16.5. The molecule has 2 aromatic heterocycles. The summed E-state index contributed by atoms with van der Waals surface area (Å²) in [7, 11) is 0. The molecule has 5 heteroatoms. The van der Waals surface area contributed by atoms with Gasteiger partial charge >= 0.3 is 6.92 Å². The summed E-state index contributed by atoms with van der Waals surface area (Å²) < 4.78 is 18.5. The second-order valence-electron chi connectivity index (χ2n) is 15.6. The minimum absolute atomic E-state index is 0.286. The SMILES string of the molecule is c1cc(-c2ccc3c(c2)Oc2cccc4c2B3Oc2ccc(-c3ccccc3-n3c5ccccc5c5ccccc53)cc2-4)cc(-n2c3ccccc3c3ccccc32)c1. The third-order valence-electron chi connectivity index (χ3n) is 12.4. The van der Waals surface area contributed by atoms with E-state index in [0.29, 0.717) is 0 Å². The summed E-state index contributed by atoms with van der Waals surface area (Å²) in [5, 5.41) is 5.00. The van der Waals surface area contributed by atoms with Crippen molar-refractivity contribution in [2.45, 2.75) is 0 Å². The molecule has 0 bridgehead atoms. The number of aromatic nitrogens is 2. The number of nitrogens with zero attached hydrogens (tertiary/aromatic N) is 2. The van der Waals surface area contributed by atoms with Crippen LogP contribution in [0.1, 0.15) is 0 Å². The minimum Gasteiger partial charge on any atom is -0.551 e. The van der Waals surface area contributed by atoms with Gasteiger partial charge in [0.2, 0.25) is 0 Å². The first-order chi connectivity index (χ1) is 29.3. The highest BCUT2D eigenvalue weighted by molar-refractivity contribution is 6.84. The van der Waals surface area contributed by atoms with Crippen LogP contribution in [0.2, 0.25) is 0 Å². The molecule has 0 radical (unpaired) electrons. The Hall–Kier alpha value is -7.76. The van der Waals surface area contributed by atoms with Gasteiger partial charge in [-0.15, -0.1) is 0 Å². The van der Waals surface area contributed by atoms with E-state index in [4.69, 9.17) is 9.39 Å². The maximum Gasteiger partial charge on any atom is 0.434 e. The lowest BCUT2D eigenvalue weighted by Crippen LogP contribution is -2.53. The molecule has 13 rings (SSSR count). The molecule has 4 heterocycles. The van der Waals surface area contributed by atoms with E-state index in [0.717, 1.165) is 72.9 Å². The zero-order valence-corrected chi connectivity index (χ0v) is 31.8. The Labute approximate surface area is 340 Å². The van der Waals surface area contributed by atoms with Crippen LogP contribution in [0.4, 0.5) is 0 Å². The molecule has 0 amide bonds. The van der Waals surface area contributed by atoms with Crippen LogP contribution in [-0.4, -0.2) is 16.0 Å². The minimum atomic E-state index is -0.286. The van der Waals surface area contributed by atoms with Gasteiger partial charge in [0.05, 0.1) is 27.8 Å². The van der Waals surface area contributed by atoms with Crippen molar-refractivity contribution in [3.05, 3.63) is 200 Å². The second-order valence-corrected chi connectivity index (χ2v) is 15.6. The first-order valence-corrected chi connectivity index (χ1v) is 20.2. The molecule has 0 saturated carbocycles. The summed E-state index contributed by atoms with van der Waals surface area (Å²) >= 11 is 0. The fourth-order valence-corrected chi connectivity index (χ4v) is 9.81. The van der Waals surface area contributed by atoms with Crippen molar-refractivity contribution in [2.75, 3.05) is 0 Å². The molecule has 0 unspecified atom stereocenters. The molecule has 59 heavy (non-hydrogen) atoms. The summed E-state index contributed by atoms with van der Waals surface area (Å²) in [6, 6.07) is 71.7. The Morgan fingerprint density at radius 3 is 1.64 bits per heavy atom. The molecule has 0 aliphatic carbocycles. The maximum atomic E-state index is 6.98. The summed E-state index contributed by atoms with van der Waals surface area (Å²) in [4.78, 5) is 0. The van der Waals surface area contributed by atoms with Gasteiger partial charge in [-0.1, -0.05) is 133 Å². The highest BCUT2D eigenvalue weighted by Crippen LogP contribution is 2.43. The fourth-order valence-electron chi connectivity index (χ4n) is 9.81. The molecular formula is C54H33BN2O2. The number of fused-ring (bicyclic) bond motifs is 10. The van der Waals surface area contributed by atoms with Crippen LogP contribution < -0.4 is 20.3 Å². The maximum absolute atomic E-state index is 6.98. The zero-order chi connectivity index (χ0) is 38.6. The Balaban J connectivity index is 0.884. The predicted molar refractivity (Wildman–Crippen MR) is 244 cm³/mol. The van der Waals surface area contributed by atoms with Gasteiger partial charge in [-0.25, -0.2) is 0 Å². The Kier molecular flexibility index (Phi) is 6.78. The van der Waals surface area contributed by atoms with E-state index in [2.05, 4.69) is 209 Å². The number of para-hydroxylation sites is 5. The van der Waals surface area contributed by atoms with Crippen molar-refractivity contribution >= 4 is 61.5 Å². The molecule has 9 aromatic carbocycles. The van der Waals surface area contributed by atoms with Crippen LogP contribution in [-0.2, 0) is 0 Å². The largest absolute Gasteiger partial charge is 0.551 e. The average molecular weight is 753 g/mol. The first kappa shape index (κ1) is 32.3. The number of benzene rings is 9. The molecule has 2 aliphatic heterocycles. The van der Waals surface area contributed by atoms with E-state index in [1.54, 1.807) is 0 Å². The molecule has 0 fully saturated rings. The van der Waals surface area contributed by atoms with Crippen LogP contribution in [0.3, 0.4) is 0 Å². The van der Waals surface area contributed by atoms with E-state index in [9.17, 15) is 0 Å². The molecular weight excluding hydrogens is 719 g/mol. The third kappa shape index (κ3) is 4.73. The van der Waals surface area contributed by atoms with Gasteiger partial charge in [-0.2, -0.15) is 0 Å². The van der Waals surface area contributed by atoms with Gasteiger partial charge in [0.25, 0.3) is 0 Å². The molecule has 0 saturated heterocycles. The van der Waals surface area contributed by atoms with Crippen LogP contribution in [0.25, 0.3) is 88.4 Å². The predicted octanol–water partition coefficient (Wildman–Crippen LogP) is 12.5. The van der Waals surface area contributed by atoms with Crippen LogP contribution in [0, 0.1) is 0 Å². The van der Waals surface area contributed by atoms with Crippen molar-refractivity contribution in [3.8, 4) is 62.0 Å². The normalized spacial score (nSPS) is 12.6. The zero-order valence-electron chi connectivity index (χ0n) is 31.8. The van der Waals surface area contributed by atoms with Gasteiger partial charge < -0.3 is 18.5 Å². The molecule has 0 atom stereocenters. The lowest BCUT2D eigenvalue weighted by atomic mass is 9.51. The Morgan fingerprint density at radius 2 is 0.932 bits per heavy atom. The summed E-state index contributed by atoms with van der Waals surface area (Å²) in [6.45, 7) is -0.286. The van der Waals surface area contributed by atoms with E-state index in [-0.39, 0.29) is 6.92 Å². The van der Waals surface area contributed by atoms with Crippen molar-refractivity contribution in [1.82, 2.24) is 9.13 Å². The summed E-state index contributed by atoms with van der Waals surface area (Å²) in [5.41, 5.74) is 15.8. The molecule has 274 valence electrons. The lowest BCUT2D eigenvalue weighted by molar-refractivity contribution is 0.479. The number of rotatable bonds is 4. The van der Waals surface area contributed by atoms with E-state index in [1.165, 1.54) is 43.6 Å².